The van der Waals surface area contributed by atoms with E-state index < -0.39 is 15.1 Å². The van der Waals surface area contributed by atoms with Crippen LogP contribution in [-0.4, -0.2) is 82.9 Å². The fourth-order valence-corrected chi connectivity index (χ4v) is 7.39. The first kappa shape index (κ1) is 61.8. The molecule has 3 N–H and O–H groups in total. The van der Waals surface area contributed by atoms with Gasteiger partial charge in [-0.05, 0) is 138 Å². The average molecular weight is 1270 g/mol. The molecule has 4 aromatic heterocycles. The van der Waals surface area contributed by atoms with Gasteiger partial charge in [-0.1, -0.05) is 45.0 Å². The van der Waals surface area contributed by atoms with E-state index in [1.54, 1.807) is 59.3 Å². The molecule has 0 amide bonds. The first-order valence-electron chi connectivity index (χ1n) is 23.0. The molecule has 75 heavy (non-hydrogen) atoms. The Kier molecular flexibility index (Phi) is 26.4. The molecule has 4 heterocycles. The fraction of sp³-hybridized carbons (Fsp3) is 0.269. The van der Waals surface area contributed by atoms with Crippen LogP contribution in [0.25, 0.3) is 22.9 Å². The Labute approximate surface area is 475 Å². The number of nitrogens with zero attached hydrogens (tertiary/aromatic N) is 7. The molecule has 0 aliphatic heterocycles. The standard InChI is InChI=1S/C23H21BrN4O4.C14H9BrClN3O2.C9H13NO2.C6H15N.2ClH.Zn/c1-13-9-15(10-19(29-3)20(13)30-4)27-23-25-11-17(24)22(28-23)32-18-8-6-5-7-16(18)21-26-14(2)12-31-21;1-8-7-20-12(18-8)9-4-2-3-5-11(9)21-13-10(15)6-17-14(16)19-13;1-6-4-7(10)5-8(11-2)9(6)12-3;1-4-7(5-2)6-3;;;/h5-12H,1-4H3,(H,25,27,28);2-7H,1H3;4-5H,10H2,1-3H3;4-6H2,1-3H3;2*1H;/q;;;;;;+2/p-2. The molecule has 0 aliphatic rings. The monoisotopic (exact) mass is 1260 g/mol. The van der Waals surface area contributed by atoms with E-state index in [4.69, 9.17) is 74.0 Å². The Morgan fingerprint density at radius 1 is 0.613 bits per heavy atom. The zero-order valence-electron chi connectivity index (χ0n) is 43.4. The molecule has 0 aliphatic carbocycles. The number of aryl methyl sites for hydroxylation is 4. The van der Waals surface area contributed by atoms with Gasteiger partial charge < -0.3 is 53.2 Å². The molecular formula is C52H58Br2Cl3N9O8Zn. The molecule has 396 valence electrons. The van der Waals surface area contributed by atoms with Gasteiger partial charge in [0, 0.05) is 29.7 Å². The molecule has 0 saturated carbocycles. The number of aromatic nitrogens is 6. The average Bonchev–Trinajstić information content (AvgIpc) is 4.05. The molecule has 0 fully saturated rings. The third kappa shape index (κ3) is 18.8. The van der Waals surface area contributed by atoms with Crippen molar-refractivity contribution in [3.05, 3.63) is 134 Å². The number of hydrogen-bond acceptors (Lipinski definition) is 17. The van der Waals surface area contributed by atoms with Crippen molar-refractivity contribution in [2.45, 2.75) is 48.5 Å². The quantitative estimate of drug-likeness (QED) is 0.0557. The number of nitrogen functional groups attached to an aromatic ring is 1. The van der Waals surface area contributed by atoms with Gasteiger partial charge in [0.25, 0.3) is 0 Å². The van der Waals surface area contributed by atoms with Crippen molar-refractivity contribution in [2.24, 2.45) is 0 Å². The van der Waals surface area contributed by atoms with Gasteiger partial charge in [0.15, 0.2) is 23.0 Å². The second-order valence-corrected chi connectivity index (χ2v) is 22.0. The summed E-state index contributed by atoms with van der Waals surface area (Å²) < 4.78 is 45.1. The van der Waals surface area contributed by atoms with Gasteiger partial charge >= 0.3 is 34.5 Å². The number of nitrogens with one attached hydrogen (secondary N) is 1. The predicted octanol–water partition coefficient (Wildman–Crippen LogP) is 15.0. The van der Waals surface area contributed by atoms with Crippen LogP contribution in [0.4, 0.5) is 17.3 Å². The van der Waals surface area contributed by atoms with Gasteiger partial charge in [0.2, 0.25) is 34.8 Å². The maximum atomic E-state index is 6.10. The summed E-state index contributed by atoms with van der Waals surface area (Å²) in [5, 5.41) is 3.29. The Bertz CT molecular complexity index is 3040. The van der Waals surface area contributed by atoms with Crippen LogP contribution >= 0.6 is 62.8 Å². The number of halogens is 5. The normalized spacial score (nSPS) is 10.1. The van der Waals surface area contributed by atoms with Crippen LogP contribution in [0, 0.1) is 27.7 Å². The van der Waals surface area contributed by atoms with E-state index in [0.29, 0.717) is 72.9 Å². The number of methoxy groups -OCH3 is 4. The fourth-order valence-electron chi connectivity index (χ4n) is 6.72. The molecule has 0 radical (unpaired) electrons. The third-order valence-corrected chi connectivity index (χ3v) is 11.5. The summed E-state index contributed by atoms with van der Waals surface area (Å²) in [6.45, 7) is 17.7. The summed E-state index contributed by atoms with van der Waals surface area (Å²) in [6.07, 6.45) is 6.34. The summed E-state index contributed by atoms with van der Waals surface area (Å²) in [5.41, 5.74) is 12.0. The number of para-hydroxylation sites is 2. The van der Waals surface area contributed by atoms with Crippen molar-refractivity contribution in [1.82, 2.24) is 34.8 Å². The van der Waals surface area contributed by atoms with E-state index in [1.165, 1.54) is 25.8 Å². The minimum atomic E-state index is -0.931. The molecule has 17 nitrogen and oxygen atoms in total. The first-order valence-corrected chi connectivity index (χ1v) is 32.7. The topological polar surface area (TPSA) is 200 Å². The van der Waals surface area contributed by atoms with Crippen molar-refractivity contribution in [3.63, 3.8) is 0 Å². The van der Waals surface area contributed by atoms with Crippen molar-refractivity contribution < 1.29 is 52.4 Å². The molecular weight excluding hydrogens is 1210 g/mol. The Morgan fingerprint density at radius 3 is 1.51 bits per heavy atom. The molecule has 4 aromatic carbocycles. The Morgan fingerprint density at radius 2 is 1.07 bits per heavy atom. The van der Waals surface area contributed by atoms with Gasteiger partial charge in [0.05, 0.1) is 66.1 Å². The number of rotatable bonds is 15. The van der Waals surface area contributed by atoms with E-state index in [1.807, 2.05) is 88.4 Å². The Hall–Kier alpha value is -5.73. The molecule has 8 aromatic rings. The second kappa shape index (κ2) is 32.0. The van der Waals surface area contributed by atoms with Crippen LogP contribution in [0.2, 0.25) is 5.28 Å². The van der Waals surface area contributed by atoms with Crippen LogP contribution < -0.4 is 39.5 Å². The summed E-state index contributed by atoms with van der Waals surface area (Å²) in [6, 6.07) is 22.2. The molecule has 0 atom stereocenters. The maximum absolute atomic E-state index is 6.10. The number of anilines is 3. The van der Waals surface area contributed by atoms with E-state index in [-0.39, 0.29) is 5.28 Å². The molecule has 0 bridgehead atoms. The Balaban J connectivity index is 0.000000241. The van der Waals surface area contributed by atoms with Crippen LogP contribution in [-0.2, 0) is 15.1 Å². The summed E-state index contributed by atoms with van der Waals surface area (Å²) in [4.78, 5) is 27.8. The number of nitrogens with two attached hydrogens (primary N) is 1. The van der Waals surface area contributed by atoms with E-state index in [9.17, 15) is 0 Å². The van der Waals surface area contributed by atoms with Crippen LogP contribution in [0.15, 0.2) is 115 Å². The van der Waals surface area contributed by atoms with Gasteiger partial charge in [-0.3, -0.25) is 0 Å². The second-order valence-electron chi connectivity index (χ2n) is 15.4. The zero-order valence-corrected chi connectivity index (χ0v) is 51.8. The summed E-state index contributed by atoms with van der Waals surface area (Å²) >= 11 is 11.6. The van der Waals surface area contributed by atoms with E-state index in [0.717, 1.165) is 45.1 Å². The summed E-state index contributed by atoms with van der Waals surface area (Å²) in [5.74, 6) is 5.82. The van der Waals surface area contributed by atoms with Gasteiger partial charge in [0.1, 0.15) is 24.0 Å². The molecule has 0 unspecified atom stereocenters. The van der Waals surface area contributed by atoms with Crippen molar-refractivity contribution in [2.75, 3.05) is 59.1 Å². The number of ether oxygens (including phenoxy) is 6. The summed E-state index contributed by atoms with van der Waals surface area (Å²) in [7, 11) is 16.3. The van der Waals surface area contributed by atoms with Crippen LogP contribution in [0.1, 0.15) is 43.3 Å². The van der Waals surface area contributed by atoms with Crippen molar-refractivity contribution in [1.29, 1.82) is 0 Å². The van der Waals surface area contributed by atoms with Crippen molar-refractivity contribution >= 4 is 80.2 Å². The van der Waals surface area contributed by atoms with Crippen LogP contribution in [0.3, 0.4) is 0 Å². The number of oxazole rings is 2. The first-order chi connectivity index (χ1) is 36.1. The van der Waals surface area contributed by atoms with E-state index >= 15 is 0 Å². The van der Waals surface area contributed by atoms with Crippen molar-refractivity contribution in [3.8, 4) is 69.2 Å². The van der Waals surface area contributed by atoms with Gasteiger partial charge in [-0.2, -0.15) is 9.97 Å². The number of hydrogen-bond donors (Lipinski definition) is 2. The number of benzene rings is 4. The van der Waals surface area contributed by atoms with Gasteiger partial charge in [-0.15, -0.1) is 0 Å². The molecule has 0 saturated heterocycles. The SMILES string of the molecule is CCN(CC)CC.COc1cc(N)cc(C)c1OC.COc1cc(Nc2ncc(Br)c(Oc3ccccc3-c3nc(C)co3)n2)cc(C)c1OC.Cc1coc(-c2ccccc2Oc2nc(Cl)ncc2Br)n1.[Cl][Zn][Cl]. The molecule has 0 spiro atoms. The third-order valence-electron chi connectivity index (χ3n) is 10.2. The minimum absolute atomic E-state index is 0.109. The van der Waals surface area contributed by atoms with E-state index in [2.05, 4.69) is 92.8 Å². The predicted molar refractivity (Wildman–Crippen MR) is 299 cm³/mol. The molecule has 23 heteroatoms. The van der Waals surface area contributed by atoms with Gasteiger partial charge in [-0.25, -0.2) is 19.9 Å². The molecule has 8 rings (SSSR count). The zero-order chi connectivity index (χ0) is 55.0. The van der Waals surface area contributed by atoms with Crippen LogP contribution in [0.5, 0.6) is 46.3 Å².